The van der Waals surface area contributed by atoms with Crippen LogP contribution in [-0.4, -0.2) is 60.1 Å². The highest BCUT2D eigenvalue weighted by Crippen LogP contribution is 2.47. The molecule has 0 aromatic heterocycles. The number of hydrazine groups is 1. The van der Waals surface area contributed by atoms with Crippen LogP contribution in [-0.2, 0) is 14.3 Å². The largest absolute Gasteiger partial charge is 0.480 e. The van der Waals surface area contributed by atoms with E-state index in [9.17, 15) is 19.6 Å². The molecule has 2 aromatic carbocycles. The number of carbonyl (C=O) groups excluding carboxylic acids is 3. The van der Waals surface area contributed by atoms with Gasteiger partial charge in [0.1, 0.15) is 17.2 Å². The van der Waals surface area contributed by atoms with E-state index in [0.29, 0.717) is 41.2 Å². The summed E-state index contributed by atoms with van der Waals surface area (Å²) in [5.41, 5.74) is 6.65. The number of halogens is 1. The van der Waals surface area contributed by atoms with E-state index in [0.717, 1.165) is 5.56 Å². The van der Waals surface area contributed by atoms with Gasteiger partial charge in [0.2, 0.25) is 5.91 Å². The number of ether oxygens (including phenoxy) is 2. The summed E-state index contributed by atoms with van der Waals surface area (Å²) >= 11 is 6.27. The molecule has 3 N–H and O–H groups in total. The molecule has 41 heavy (non-hydrogen) atoms. The Balaban J connectivity index is 1.31. The van der Waals surface area contributed by atoms with Crippen molar-refractivity contribution in [1.29, 1.82) is 5.26 Å². The molecule has 5 atom stereocenters. The molecule has 0 radical (unpaired) electrons. The lowest BCUT2D eigenvalue weighted by atomic mass is 9.78. The van der Waals surface area contributed by atoms with Gasteiger partial charge >= 0.3 is 0 Å². The van der Waals surface area contributed by atoms with Crippen molar-refractivity contribution in [2.24, 2.45) is 5.41 Å². The van der Waals surface area contributed by atoms with Gasteiger partial charge in [-0.1, -0.05) is 23.7 Å². The van der Waals surface area contributed by atoms with E-state index in [1.807, 2.05) is 25.1 Å². The molecular weight excluding hydrogens is 546 g/mol. The molecular formula is C30H34ClN5O5. The second-order valence-electron chi connectivity index (χ2n) is 11.2. The van der Waals surface area contributed by atoms with Crippen molar-refractivity contribution in [3.63, 3.8) is 0 Å². The Labute approximate surface area is 244 Å². The number of nitrogens with zero attached hydrogens (tertiary/aromatic N) is 2. The zero-order chi connectivity index (χ0) is 29.3. The van der Waals surface area contributed by atoms with Crippen LogP contribution in [0.2, 0.25) is 5.02 Å². The molecule has 3 aliphatic rings. The third-order valence-electron chi connectivity index (χ3n) is 8.18. The zero-order valence-corrected chi connectivity index (χ0v) is 24.0. The van der Waals surface area contributed by atoms with E-state index in [1.54, 1.807) is 43.0 Å². The molecule has 11 heteroatoms. The molecule has 216 valence electrons. The van der Waals surface area contributed by atoms with Gasteiger partial charge in [0.15, 0.2) is 6.10 Å². The molecule has 0 spiro atoms. The van der Waals surface area contributed by atoms with E-state index >= 15 is 0 Å². The zero-order valence-electron chi connectivity index (χ0n) is 23.3. The van der Waals surface area contributed by atoms with Crippen molar-refractivity contribution in [1.82, 2.24) is 21.1 Å². The van der Waals surface area contributed by atoms with Crippen LogP contribution in [0.3, 0.4) is 0 Å². The van der Waals surface area contributed by atoms with E-state index in [4.69, 9.17) is 21.1 Å². The molecule has 3 fully saturated rings. The van der Waals surface area contributed by atoms with Gasteiger partial charge in [-0.2, -0.15) is 5.26 Å². The molecule has 0 aliphatic carbocycles. The SMILES string of the molecule is Cc1cc(C(=O)N[C@H](C)C(=O)N2[C@H](c3cccc(Cl)c3)CC[C@@H]2C2(C#N)COC2)ccc1OC1CC(C)NNC1=O. The van der Waals surface area contributed by atoms with Gasteiger partial charge in [-0.15, -0.1) is 0 Å². The van der Waals surface area contributed by atoms with E-state index in [1.165, 1.54) is 0 Å². The fourth-order valence-corrected chi connectivity index (χ4v) is 6.06. The number of rotatable bonds is 7. The van der Waals surface area contributed by atoms with Gasteiger partial charge in [-0.25, -0.2) is 5.43 Å². The number of hydrogen-bond donors (Lipinski definition) is 3. The highest BCUT2D eigenvalue weighted by atomic mass is 35.5. The summed E-state index contributed by atoms with van der Waals surface area (Å²) in [5.74, 6) is -0.422. The molecule has 2 unspecified atom stereocenters. The lowest BCUT2D eigenvalue weighted by molar-refractivity contribution is -0.150. The number of carbonyl (C=O) groups is 3. The number of nitrogens with one attached hydrogen (secondary N) is 3. The van der Waals surface area contributed by atoms with Gasteiger partial charge < -0.3 is 19.7 Å². The van der Waals surface area contributed by atoms with Gasteiger partial charge in [-0.05, 0) is 75.1 Å². The van der Waals surface area contributed by atoms with Crippen molar-refractivity contribution in [3.05, 3.63) is 64.2 Å². The Kier molecular flexibility index (Phi) is 8.23. The first-order valence-corrected chi connectivity index (χ1v) is 14.2. The third-order valence-corrected chi connectivity index (χ3v) is 8.41. The summed E-state index contributed by atoms with van der Waals surface area (Å²) in [7, 11) is 0. The molecule has 2 aromatic rings. The Bertz CT molecular complexity index is 1390. The van der Waals surface area contributed by atoms with Crippen molar-refractivity contribution < 1.29 is 23.9 Å². The van der Waals surface area contributed by atoms with Crippen LogP contribution < -0.4 is 20.9 Å². The van der Waals surface area contributed by atoms with Gasteiger partial charge in [-0.3, -0.25) is 19.8 Å². The first kappa shape index (κ1) is 28.9. The Hall–Kier alpha value is -3.65. The first-order valence-electron chi connectivity index (χ1n) is 13.8. The molecule has 0 saturated carbocycles. The summed E-state index contributed by atoms with van der Waals surface area (Å²) in [6, 6.07) is 13.4. The fraction of sp³-hybridized carbons (Fsp3) is 0.467. The van der Waals surface area contributed by atoms with Crippen LogP contribution in [0.4, 0.5) is 0 Å². The average molecular weight is 580 g/mol. The number of likely N-dealkylation sites (tertiary alicyclic amines) is 1. The van der Waals surface area contributed by atoms with Crippen molar-refractivity contribution >= 4 is 29.3 Å². The molecule has 10 nitrogen and oxygen atoms in total. The maximum Gasteiger partial charge on any atom is 0.275 e. The summed E-state index contributed by atoms with van der Waals surface area (Å²) < 4.78 is 11.3. The minimum Gasteiger partial charge on any atom is -0.480 e. The number of aryl methyl sites for hydroxylation is 1. The molecule has 0 bridgehead atoms. The normalized spacial score (nSPS) is 25.8. The Morgan fingerprint density at radius 1 is 1.24 bits per heavy atom. The van der Waals surface area contributed by atoms with Crippen LogP contribution in [0.25, 0.3) is 0 Å². The summed E-state index contributed by atoms with van der Waals surface area (Å²) in [6.07, 6.45) is 1.20. The summed E-state index contributed by atoms with van der Waals surface area (Å²) in [5, 5.41) is 13.4. The van der Waals surface area contributed by atoms with Crippen molar-refractivity contribution in [2.75, 3.05) is 13.2 Å². The van der Waals surface area contributed by atoms with Gasteiger partial charge in [0.05, 0.1) is 31.4 Å². The summed E-state index contributed by atoms with van der Waals surface area (Å²) in [6.45, 7) is 5.94. The number of amides is 3. The lowest BCUT2D eigenvalue weighted by Gasteiger charge is -2.45. The average Bonchev–Trinajstić information content (AvgIpc) is 3.36. The molecule has 5 rings (SSSR count). The minimum atomic E-state index is -0.849. The van der Waals surface area contributed by atoms with Gasteiger partial charge in [0.25, 0.3) is 11.8 Å². The predicted octanol–water partition coefficient (Wildman–Crippen LogP) is 3.20. The van der Waals surface area contributed by atoms with Crippen LogP contribution in [0.5, 0.6) is 5.75 Å². The van der Waals surface area contributed by atoms with Crippen LogP contribution >= 0.6 is 11.6 Å². The van der Waals surface area contributed by atoms with E-state index < -0.39 is 23.5 Å². The number of benzene rings is 2. The van der Waals surface area contributed by atoms with Crippen molar-refractivity contribution in [2.45, 2.75) is 70.3 Å². The van der Waals surface area contributed by atoms with Gasteiger partial charge in [0, 0.05) is 23.0 Å². The maximum absolute atomic E-state index is 14.0. The second kappa shape index (κ2) is 11.7. The smallest absolute Gasteiger partial charge is 0.275 e. The fourth-order valence-electron chi connectivity index (χ4n) is 5.86. The number of nitriles is 1. The molecule has 3 aliphatic heterocycles. The second-order valence-corrected chi connectivity index (χ2v) is 11.7. The Morgan fingerprint density at radius 3 is 2.68 bits per heavy atom. The highest BCUT2D eigenvalue weighted by Gasteiger charge is 2.54. The van der Waals surface area contributed by atoms with Crippen LogP contribution in [0, 0.1) is 23.7 Å². The number of hydrogen-bond acceptors (Lipinski definition) is 7. The van der Waals surface area contributed by atoms with E-state index in [2.05, 4.69) is 22.2 Å². The maximum atomic E-state index is 14.0. The lowest BCUT2D eigenvalue weighted by Crippen LogP contribution is -2.59. The van der Waals surface area contributed by atoms with Crippen LogP contribution in [0.1, 0.15) is 60.6 Å². The molecule has 3 saturated heterocycles. The van der Waals surface area contributed by atoms with Crippen molar-refractivity contribution in [3.8, 4) is 11.8 Å². The molecule has 3 heterocycles. The quantitative estimate of drug-likeness (QED) is 0.459. The molecule has 3 amide bonds. The first-order chi connectivity index (χ1) is 19.6. The minimum absolute atomic E-state index is 0.0654. The standard InChI is InChI=1S/C30H34ClN5O5/c1-17-11-21(7-9-24(17)41-25-12-18(2)34-35-28(25)38)27(37)33-19(3)29(39)36-23(20-5-4-6-22(31)13-20)8-10-26(36)30(14-32)15-40-16-30/h4-7,9,11,13,18-19,23,25-26,34H,8,10,12,15-16H2,1-3H3,(H,33,37)(H,35,38)/t18?,19-,23+,25?,26-/m1/s1. The third kappa shape index (κ3) is 5.75. The predicted molar refractivity (Wildman–Crippen MR) is 151 cm³/mol. The highest BCUT2D eigenvalue weighted by molar-refractivity contribution is 6.30. The Morgan fingerprint density at radius 2 is 2.02 bits per heavy atom. The van der Waals surface area contributed by atoms with E-state index in [-0.39, 0.29) is 43.2 Å². The summed E-state index contributed by atoms with van der Waals surface area (Å²) in [4.78, 5) is 41.1. The topological polar surface area (TPSA) is 133 Å². The van der Waals surface area contributed by atoms with Crippen LogP contribution in [0.15, 0.2) is 42.5 Å². The monoisotopic (exact) mass is 579 g/mol.